The van der Waals surface area contributed by atoms with E-state index < -0.39 is 4.92 Å². The number of benzene rings is 1. The van der Waals surface area contributed by atoms with Crippen LogP contribution in [0.1, 0.15) is 43.9 Å². The molecule has 10 heteroatoms. The zero-order valence-corrected chi connectivity index (χ0v) is 18.5. The van der Waals surface area contributed by atoms with Gasteiger partial charge in [-0.05, 0) is 46.6 Å². The average Bonchev–Trinajstić information content (AvgIpc) is 3.10. The van der Waals surface area contributed by atoms with Crippen LogP contribution in [-0.4, -0.2) is 63.0 Å². The Kier molecular flexibility index (Phi) is 6.98. The maximum Gasteiger partial charge on any atom is 0.270 e. The molecule has 31 heavy (non-hydrogen) atoms. The predicted molar refractivity (Wildman–Crippen MR) is 118 cm³/mol. The zero-order chi connectivity index (χ0) is 22.5. The fourth-order valence-electron chi connectivity index (χ4n) is 3.99. The molecule has 0 aliphatic carbocycles. The number of amides is 1. The molecular formula is C21H29N7O3. The van der Waals surface area contributed by atoms with Crippen LogP contribution in [0.2, 0.25) is 0 Å². The Morgan fingerprint density at radius 2 is 1.97 bits per heavy atom. The van der Waals surface area contributed by atoms with E-state index in [1.165, 1.54) is 12.1 Å². The lowest BCUT2D eigenvalue weighted by Crippen LogP contribution is -2.45. The van der Waals surface area contributed by atoms with Gasteiger partial charge >= 0.3 is 0 Å². The molecule has 0 bridgehead atoms. The van der Waals surface area contributed by atoms with E-state index >= 15 is 0 Å². The van der Waals surface area contributed by atoms with E-state index in [4.69, 9.17) is 0 Å². The van der Waals surface area contributed by atoms with Crippen molar-refractivity contribution >= 4 is 23.5 Å². The van der Waals surface area contributed by atoms with Gasteiger partial charge in [-0.1, -0.05) is 0 Å². The summed E-state index contributed by atoms with van der Waals surface area (Å²) in [6, 6.07) is 4.76. The fourth-order valence-corrected chi connectivity index (χ4v) is 3.99. The van der Waals surface area contributed by atoms with Crippen LogP contribution >= 0.6 is 0 Å². The number of hydrogen-bond donors (Lipinski definition) is 0. The highest BCUT2D eigenvalue weighted by Crippen LogP contribution is 2.29. The number of rotatable bonds is 7. The number of nitrogens with zero attached hydrogens (tertiary/aromatic N) is 7. The normalized spacial score (nSPS) is 16.6. The molecule has 1 atom stereocenters. The minimum absolute atomic E-state index is 0.00447. The number of nitro groups is 1. The standard InChI is InChI=1S/C21H29N7O3/c1-5-25(6-2)21(29)17-8-7-11-26(14-17)20-10-9-19(28(30)31)12-18(20)13-22-27-15(3)23-24-16(27)4/h9-10,12-13,17H,5-8,11,14H2,1-4H3/b22-13-/t17-/m1/s1. The minimum atomic E-state index is -0.417. The first-order valence-corrected chi connectivity index (χ1v) is 10.6. The van der Waals surface area contributed by atoms with Crippen molar-refractivity contribution in [3.63, 3.8) is 0 Å². The Hall–Kier alpha value is -3.30. The van der Waals surface area contributed by atoms with Crippen molar-refractivity contribution in [2.75, 3.05) is 31.1 Å². The Bertz CT molecular complexity index is 962. The molecule has 1 aliphatic rings. The first-order valence-electron chi connectivity index (χ1n) is 10.6. The average molecular weight is 428 g/mol. The molecule has 0 unspecified atom stereocenters. The van der Waals surface area contributed by atoms with Crippen LogP contribution in [0.15, 0.2) is 23.3 Å². The molecule has 0 spiro atoms. The summed E-state index contributed by atoms with van der Waals surface area (Å²) in [5.41, 5.74) is 1.45. The second-order valence-corrected chi connectivity index (χ2v) is 7.65. The summed E-state index contributed by atoms with van der Waals surface area (Å²) < 4.78 is 1.59. The Balaban J connectivity index is 1.92. The monoisotopic (exact) mass is 427 g/mol. The molecule has 0 N–H and O–H groups in total. The fraction of sp³-hybridized carbons (Fsp3) is 0.524. The third-order valence-electron chi connectivity index (χ3n) is 5.67. The van der Waals surface area contributed by atoms with Gasteiger partial charge in [0.1, 0.15) is 0 Å². The molecule has 1 aromatic carbocycles. The van der Waals surface area contributed by atoms with Crippen LogP contribution in [-0.2, 0) is 4.79 Å². The van der Waals surface area contributed by atoms with Crippen molar-refractivity contribution in [1.82, 2.24) is 19.8 Å². The second-order valence-electron chi connectivity index (χ2n) is 7.65. The molecular weight excluding hydrogens is 398 g/mol. The summed E-state index contributed by atoms with van der Waals surface area (Å²) in [6.45, 7) is 10.3. The highest BCUT2D eigenvalue weighted by molar-refractivity contribution is 5.89. The molecule has 1 amide bonds. The van der Waals surface area contributed by atoms with E-state index in [9.17, 15) is 14.9 Å². The number of hydrogen-bond acceptors (Lipinski definition) is 7. The molecule has 10 nitrogen and oxygen atoms in total. The van der Waals surface area contributed by atoms with Gasteiger partial charge in [0.25, 0.3) is 5.69 Å². The van der Waals surface area contributed by atoms with E-state index in [1.807, 2.05) is 18.7 Å². The number of aromatic nitrogens is 3. The van der Waals surface area contributed by atoms with Gasteiger partial charge in [0.2, 0.25) is 5.91 Å². The lowest BCUT2D eigenvalue weighted by Gasteiger charge is -2.36. The van der Waals surface area contributed by atoms with E-state index in [1.54, 1.807) is 30.8 Å². The summed E-state index contributed by atoms with van der Waals surface area (Å²) in [5, 5.41) is 23.8. The van der Waals surface area contributed by atoms with E-state index in [-0.39, 0.29) is 17.5 Å². The Morgan fingerprint density at radius 1 is 1.29 bits per heavy atom. The van der Waals surface area contributed by atoms with Crippen LogP contribution < -0.4 is 4.90 Å². The number of piperidine rings is 1. The highest BCUT2D eigenvalue weighted by Gasteiger charge is 2.29. The molecule has 0 saturated carbocycles. The molecule has 3 rings (SSSR count). The predicted octanol–water partition coefficient (Wildman–Crippen LogP) is 2.77. The van der Waals surface area contributed by atoms with Crippen molar-refractivity contribution in [1.29, 1.82) is 0 Å². The lowest BCUT2D eigenvalue weighted by atomic mass is 9.95. The van der Waals surface area contributed by atoms with Gasteiger partial charge < -0.3 is 9.80 Å². The smallest absolute Gasteiger partial charge is 0.270 e. The van der Waals surface area contributed by atoms with Gasteiger partial charge in [0.05, 0.1) is 17.1 Å². The number of anilines is 1. The summed E-state index contributed by atoms with van der Waals surface area (Å²) in [4.78, 5) is 27.8. The zero-order valence-electron chi connectivity index (χ0n) is 18.5. The first-order chi connectivity index (χ1) is 14.8. The summed E-state index contributed by atoms with van der Waals surface area (Å²) in [5.74, 6) is 1.34. The second kappa shape index (κ2) is 9.67. The maximum atomic E-state index is 12.9. The van der Waals surface area contributed by atoms with Crippen LogP contribution in [0.3, 0.4) is 0 Å². The first kappa shape index (κ1) is 22.4. The molecule has 0 radical (unpaired) electrons. The largest absolute Gasteiger partial charge is 0.370 e. The Morgan fingerprint density at radius 3 is 2.58 bits per heavy atom. The maximum absolute atomic E-state index is 12.9. The van der Waals surface area contributed by atoms with Gasteiger partial charge in [-0.3, -0.25) is 14.9 Å². The number of carbonyl (C=O) groups is 1. The van der Waals surface area contributed by atoms with Crippen molar-refractivity contribution in [2.24, 2.45) is 11.0 Å². The SMILES string of the molecule is CCN(CC)C(=O)[C@@H]1CCCN(c2ccc([N+](=O)[O-])cc2/C=N\n2c(C)nnc2C)C1. The van der Waals surface area contributed by atoms with Gasteiger partial charge in [-0.15, -0.1) is 10.2 Å². The number of nitro benzene ring substituents is 1. The number of non-ortho nitro benzene ring substituents is 1. The van der Waals surface area contributed by atoms with E-state index in [0.717, 1.165) is 25.1 Å². The number of carbonyl (C=O) groups excluding carboxylic acids is 1. The van der Waals surface area contributed by atoms with Crippen molar-refractivity contribution in [2.45, 2.75) is 40.5 Å². The summed E-state index contributed by atoms with van der Waals surface area (Å²) in [6.07, 6.45) is 3.33. The molecule has 1 aromatic heterocycles. The van der Waals surface area contributed by atoms with Crippen LogP contribution in [0.5, 0.6) is 0 Å². The summed E-state index contributed by atoms with van der Waals surface area (Å²) >= 11 is 0. The molecule has 2 heterocycles. The number of aryl methyl sites for hydroxylation is 2. The molecule has 166 valence electrons. The van der Waals surface area contributed by atoms with Gasteiger partial charge in [0.15, 0.2) is 11.6 Å². The van der Waals surface area contributed by atoms with E-state index in [0.29, 0.717) is 36.8 Å². The van der Waals surface area contributed by atoms with Gasteiger partial charge in [-0.2, -0.15) is 5.10 Å². The van der Waals surface area contributed by atoms with Crippen molar-refractivity contribution in [3.8, 4) is 0 Å². The Labute approximate surface area is 181 Å². The van der Waals surface area contributed by atoms with Crippen LogP contribution in [0.25, 0.3) is 0 Å². The van der Waals surface area contributed by atoms with Gasteiger partial charge in [-0.25, -0.2) is 4.68 Å². The molecule has 1 fully saturated rings. The molecule has 1 saturated heterocycles. The third-order valence-corrected chi connectivity index (χ3v) is 5.67. The highest BCUT2D eigenvalue weighted by atomic mass is 16.6. The van der Waals surface area contributed by atoms with Crippen molar-refractivity contribution in [3.05, 3.63) is 45.5 Å². The van der Waals surface area contributed by atoms with Crippen LogP contribution in [0, 0.1) is 29.9 Å². The third kappa shape index (κ3) is 4.89. The lowest BCUT2D eigenvalue weighted by molar-refractivity contribution is -0.384. The summed E-state index contributed by atoms with van der Waals surface area (Å²) in [7, 11) is 0. The van der Waals surface area contributed by atoms with Gasteiger partial charge in [0, 0.05) is 49.6 Å². The van der Waals surface area contributed by atoms with Crippen LogP contribution in [0.4, 0.5) is 11.4 Å². The quantitative estimate of drug-likeness (QED) is 0.382. The van der Waals surface area contributed by atoms with Crippen molar-refractivity contribution < 1.29 is 9.72 Å². The molecule has 2 aromatic rings. The van der Waals surface area contributed by atoms with E-state index in [2.05, 4.69) is 20.2 Å². The topological polar surface area (TPSA) is 110 Å². The minimum Gasteiger partial charge on any atom is -0.370 e. The molecule has 1 aliphatic heterocycles.